The van der Waals surface area contributed by atoms with E-state index < -0.39 is 79.0 Å². The maximum absolute atomic E-state index is 13.9. The van der Waals surface area contributed by atoms with Crippen LogP contribution in [0.25, 0.3) is 27.8 Å². The monoisotopic (exact) mass is 911 g/mol. The lowest BCUT2D eigenvalue weighted by Gasteiger charge is -2.47. The molecule has 18 nitrogen and oxygen atoms in total. The number of carbonyl (C=O) groups is 2. The lowest BCUT2D eigenvalue weighted by Crippen LogP contribution is -2.68. The van der Waals surface area contributed by atoms with Gasteiger partial charge in [-0.25, -0.2) is 5.06 Å². The van der Waals surface area contributed by atoms with Crippen LogP contribution in [0.15, 0.2) is 98.5 Å². The number of aliphatic imine (C=N–C) groups is 1. The van der Waals surface area contributed by atoms with Crippen molar-refractivity contribution in [3.63, 3.8) is 0 Å². The lowest BCUT2D eigenvalue weighted by atomic mass is 9.90. The molecule has 1 aromatic heterocycles. The first-order chi connectivity index (χ1) is 31.7. The van der Waals surface area contributed by atoms with E-state index in [1.165, 1.54) is 41.7 Å². The Morgan fingerprint density at radius 3 is 2.38 bits per heavy atom. The molecule has 0 amide bonds. The van der Waals surface area contributed by atoms with Gasteiger partial charge in [0, 0.05) is 42.1 Å². The highest BCUT2D eigenvalue weighted by Crippen LogP contribution is 2.41. The number of aliphatic hydroxyl groups excluding tert-OH is 4. The fourth-order valence-electron chi connectivity index (χ4n) is 9.17. The molecule has 8 rings (SSSR count). The Balaban J connectivity index is 1.12. The number of aromatic hydroxyl groups is 1. The van der Waals surface area contributed by atoms with Crippen molar-refractivity contribution in [2.24, 2.45) is 10.9 Å². The van der Waals surface area contributed by atoms with Crippen LogP contribution in [0.2, 0.25) is 0 Å². The van der Waals surface area contributed by atoms with Crippen LogP contribution >= 0.6 is 0 Å². The van der Waals surface area contributed by atoms with Gasteiger partial charge in [0.1, 0.15) is 42.2 Å². The Labute approximate surface area is 378 Å². The molecule has 4 aromatic rings. The molecule has 2 fully saturated rings. The molecular formula is C48H53N3O15. The number of phenolic OH excluding ortho intramolecular Hbond substituents is 1. The third kappa shape index (κ3) is 9.49. The van der Waals surface area contributed by atoms with Gasteiger partial charge in [-0.1, -0.05) is 48.6 Å². The van der Waals surface area contributed by atoms with Crippen molar-refractivity contribution < 1.29 is 68.8 Å². The number of esters is 1. The van der Waals surface area contributed by atoms with E-state index >= 15 is 0 Å². The predicted molar refractivity (Wildman–Crippen MR) is 237 cm³/mol. The average Bonchev–Trinajstić information content (AvgIpc) is 3.88. The van der Waals surface area contributed by atoms with Gasteiger partial charge in [-0.05, 0) is 81.1 Å². The minimum atomic E-state index is -3.19. The average molecular weight is 912 g/mol. The summed E-state index contributed by atoms with van der Waals surface area (Å²) in [7, 11) is 0. The first-order valence-corrected chi connectivity index (χ1v) is 21.9. The molecule has 350 valence electrons. The number of fused-ring (bicyclic) bond motifs is 2. The number of hydrogen-bond acceptors (Lipinski definition) is 17. The van der Waals surface area contributed by atoms with E-state index in [9.17, 15) is 50.1 Å². The summed E-state index contributed by atoms with van der Waals surface area (Å²) in [5.74, 6) is -8.33. The molecule has 0 unspecified atom stereocenters. The number of allylic oxidation sites excluding steroid dienone is 1. The van der Waals surface area contributed by atoms with Gasteiger partial charge in [0.05, 0.1) is 28.9 Å². The number of nitrogens with zero attached hydrogens (tertiary/aromatic N) is 2. The zero-order chi connectivity index (χ0) is 46.9. The quantitative estimate of drug-likeness (QED) is 0.0456. The highest BCUT2D eigenvalue weighted by molar-refractivity contribution is 5.95. The van der Waals surface area contributed by atoms with Gasteiger partial charge in [-0.15, -0.1) is 0 Å². The normalized spacial score (nSPS) is 23.9. The van der Waals surface area contributed by atoms with Crippen LogP contribution in [-0.4, -0.2) is 127 Å². The van der Waals surface area contributed by atoms with Crippen molar-refractivity contribution >= 4 is 34.8 Å². The Kier molecular flexibility index (Phi) is 13.7. The number of ether oxygens (including phenoxy) is 3. The molecule has 3 aliphatic heterocycles. The van der Waals surface area contributed by atoms with Crippen molar-refractivity contribution in [1.29, 1.82) is 0 Å². The Hall–Kier alpha value is -5.96. The molecule has 1 aliphatic carbocycles. The second kappa shape index (κ2) is 19.5. The van der Waals surface area contributed by atoms with Crippen molar-refractivity contribution in [3.05, 3.63) is 111 Å². The van der Waals surface area contributed by atoms with Gasteiger partial charge in [0.2, 0.25) is 6.29 Å². The standard InChI is InChI=1S/C48H53N3O15/c1-25-18-26(2)20-29(19-25)39-38-28(14-16-49-38)22-51(39)66-43-41(56)42(57)44(48(61,24-53)65-46(60)37(45(58)59)35(15-17-52)50-30-6-4-3-5-7-30)64-47(43)63-32-12-13-33-36(21-32)62-23-34(40(33)55)27-8-10-31(54)11-9-27/h8-14,16,18-21,23,30,35,37,41-44,47,50,52-54,56-57,61H,3-7,15,17,22,24H2,1-2H3,(H,58,59)/t35-,37-,41+,42+,43-,44+,47-,48+/m0/s1. The van der Waals surface area contributed by atoms with Crippen LogP contribution in [0, 0.1) is 19.8 Å². The maximum atomic E-state index is 13.9. The zero-order valence-electron chi connectivity index (χ0n) is 36.3. The number of nitrogens with one attached hydrogen (secondary N) is 1. The van der Waals surface area contributed by atoms with Crippen molar-refractivity contribution in [2.75, 3.05) is 19.8 Å². The fraction of sp³-hybridized carbons (Fsp3) is 0.417. The summed E-state index contributed by atoms with van der Waals surface area (Å²) >= 11 is 0. The lowest BCUT2D eigenvalue weighted by molar-refractivity contribution is -0.372. The molecule has 0 bridgehead atoms. The number of hydroxylamine groups is 2. The van der Waals surface area contributed by atoms with Crippen molar-refractivity contribution in [3.8, 4) is 22.6 Å². The fourth-order valence-corrected chi connectivity index (χ4v) is 9.17. The molecule has 1 saturated carbocycles. The SMILES string of the molecule is Cc1cc(C)cc(C2=C3N=CC=C3CN2O[C@@H]2[C@@H](Oc3ccc4c(=O)c(-c5ccc(O)cc5)coc4c3)O[C@@H]([C@@](O)(CO)OC(=O)[C@H](C(=O)O)[C@H](CCO)NC3CCCCC3)[C@H](O)[C@H]2O)c1. The minimum Gasteiger partial charge on any atom is -0.508 e. The second-order valence-corrected chi connectivity index (χ2v) is 17.2. The molecule has 4 heterocycles. The van der Waals surface area contributed by atoms with Gasteiger partial charge in [0.15, 0.2) is 23.6 Å². The van der Waals surface area contributed by atoms with Gasteiger partial charge in [-0.3, -0.25) is 24.2 Å². The third-order valence-corrected chi connectivity index (χ3v) is 12.4. The maximum Gasteiger partial charge on any atom is 0.324 e. The number of carbonyl (C=O) groups excluding carboxylic acids is 1. The van der Waals surface area contributed by atoms with E-state index in [-0.39, 0.29) is 47.0 Å². The molecule has 4 aliphatic rings. The number of phenols is 1. The molecule has 0 radical (unpaired) electrons. The van der Waals surface area contributed by atoms with Gasteiger partial charge >= 0.3 is 11.9 Å². The predicted octanol–water partition coefficient (Wildman–Crippen LogP) is 3.20. The summed E-state index contributed by atoms with van der Waals surface area (Å²) in [4.78, 5) is 51.3. The summed E-state index contributed by atoms with van der Waals surface area (Å²) in [6.45, 7) is 2.08. The number of carboxylic acids is 1. The van der Waals surface area contributed by atoms with E-state index in [0.717, 1.165) is 41.5 Å². The van der Waals surface area contributed by atoms with Crippen LogP contribution < -0.4 is 15.5 Å². The zero-order valence-corrected chi connectivity index (χ0v) is 36.3. The molecule has 8 atom stereocenters. The van der Waals surface area contributed by atoms with E-state index in [0.29, 0.717) is 29.8 Å². The van der Waals surface area contributed by atoms with Crippen LogP contribution in [0.3, 0.4) is 0 Å². The molecule has 3 aromatic carbocycles. The Morgan fingerprint density at radius 1 is 0.970 bits per heavy atom. The summed E-state index contributed by atoms with van der Waals surface area (Å²) in [6.07, 6.45) is -1.12. The summed E-state index contributed by atoms with van der Waals surface area (Å²) in [6, 6.07) is 14.8. The van der Waals surface area contributed by atoms with E-state index in [2.05, 4.69) is 10.3 Å². The van der Waals surface area contributed by atoms with Crippen molar-refractivity contribution in [1.82, 2.24) is 10.4 Å². The molecule has 18 heteroatoms. The number of aliphatic carboxylic acids is 1. The first-order valence-electron chi connectivity index (χ1n) is 21.9. The number of rotatable bonds is 16. The number of carboxylic acid groups (broad SMARTS) is 1. The van der Waals surface area contributed by atoms with Gasteiger partial charge in [0.25, 0.3) is 5.79 Å². The van der Waals surface area contributed by atoms with Crippen LogP contribution in [0.1, 0.15) is 55.2 Å². The van der Waals surface area contributed by atoms with Gasteiger partial charge < -0.3 is 59.7 Å². The Morgan fingerprint density at radius 2 is 1.70 bits per heavy atom. The van der Waals surface area contributed by atoms with E-state index in [1.807, 2.05) is 32.0 Å². The third-order valence-electron chi connectivity index (χ3n) is 12.4. The van der Waals surface area contributed by atoms with Crippen LogP contribution in [-0.2, 0) is 23.9 Å². The second-order valence-electron chi connectivity index (χ2n) is 17.2. The van der Waals surface area contributed by atoms with E-state index in [1.54, 1.807) is 24.4 Å². The molecule has 8 N–H and O–H groups in total. The molecule has 0 spiro atoms. The number of benzene rings is 3. The molecule has 1 saturated heterocycles. The topological polar surface area (TPSA) is 271 Å². The highest BCUT2D eigenvalue weighted by atomic mass is 16.8. The van der Waals surface area contributed by atoms with E-state index in [4.69, 9.17) is 23.5 Å². The van der Waals surface area contributed by atoms with Crippen LogP contribution in [0.5, 0.6) is 11.5 Å². The number of aryl methyl sites for hydroxylation is 2. The number of hydrogen-bond donors (Lipinski definition) is 8. The molecule has 66 heavy (non-hydrogen) atoms. The van der Waals surface area contributed by atoms with Crippen molar-refractivity contribution in [2.45, 2.75) is 101 Å². The highest BCUT2D eigenvalue weighted by Gasteiger charge is 2.58. The summed E-state index contributed by atoms with van der Waals surface area (Å²) in [5, 5.41) is 81.1. The number of aliphatic hydroxyl groups is 5. The molecular weight excluding hydrogens is 859 g/mol. The van der Waals surface area contributed by atoms with Crippen LogP contribution in [0.4, 0.5) is 0 Å². The smallest absolute Gasteiger partial charge is 0.324 e. The first kappa shape index (κ1) is 46.6. The largest absolute Gasteiger partial charge is 0.508 e. The Bertz CT molecular complexity index is 2580. The minimum absolute atomic E-state index is 0.0152. The summed E-state index contributed by atoms with van der Waals surface area (Å²) in [5.41, 5.74) is 4.95. The summed E-state index contributed by atoms with van der Waals surface area (Å²) < 4.78 is 23.7. The van der Waals surface area contributed by atoms with Gasteiger partial charge in [-0.2, -0.15) is 0 Å².